The second kappa shape index (κ2) is 8.11. The van der Waals surface area contributed by atoms with E-state index < -0.39 is 0 Å². The van der Waals surface area contributed by atoms with Crippen molar-refractivity contribution in [1.82, 2.24) is 10.2 Å². The van der Waals surface area contributed by atoms with Gasteiger partial charge in [-0.2, -0.15) is 0 Å². The molecule has 0 radical (unpaired) electrons. The van der Waals surface area contributed by atoms with Crippen LogP contribution in [-0.2, 0) is 0 Å². The topological polar surface area (TPSA) is 24.5 Å². The Hall–Kier alpha value is -1.06. The highest BCUT2D eigenvalue weighted by molar-refractivity contribution is 5.35. The Bertz CT molecular complexity index is 339. The normalized spacial score (nSPS) is 12.7. The largest absolute Gasteiger partial charge is 0.492 e. The van der Waals surface area contributed by atoms with Crippen LogP contribution in [0.5, 0.6) is 5.75 Å². The number of ether oxygens (including phenoxy) is 1. The highest BCUT2D eigenvalue weighted by Gasteiger charge is 2.10. The van der Waals surface area contributed by atoms with E-state index in [2.05, 4.69) is 56.4 Å². The molecular formula is C15H26N2O. The van der Waals surface area contributed by atoms with Gasteiger partial charge in [-0.05, 0) is 40.1 Å². The molecule has 1 unspecified atom stereocenters. The number of nitrogens with one attached hydrogen (secondary N) is 1. The maximum atomic E-state index is 5.87. The summed E-state index contributed by atoms with van der Waals surface area (Å²) in [6.45, 7) is 7.06. The van der Waals surface area contributed by atoms with E-state index in [1.54, 1.807) is 0 Å². The van der Waals surface area contributed by atoms with Crippen LogP contribution in [0.3, 0.4) is 0 Å². The predicted octanol–water partition coefficient (Wildman–Crippen LogP) is 2.69. The summed E-state index contributed by atoms with van der Waals surface area (Å²) in [5.41, 5.74) is 1.24. The summed E-state index contributed by atoms with van der Waals surface area (Å²) in [4.78, 5) is 2.13. The number of nitrogens with zero attached hydrogens (tertiary/aromatic N) is 1. The zero-order chi connectivity index (χ0) is 13.4. The van der Waals surface area contributed by atoms with E-state index in [0.29, 0.717) is 6.04 Å². The molecule has 3 nitrogen and oxygen atoms in total. The molecule has 1 rings (SSSR count). The number of benzene rings is 1. The van der Waals surface area contributed by atoms with Gasteiger partial charge in [0.1, 0.15) is 12.4 Å². The molecule has 0 aliphatic rings. The molecule has 3 heteroatoms. The van der Waals surface area contributed by atoms with Crippen LogP contribution >= 0.6 is 0 Å². The van der Waals surface area contributed by atoms with Crippen LogP contribution in [0.25, 0.3) is 0 Å². The quantitative estimate of drug-likeness (QED) is 0.767. The van der Waals surface area contributed by atoms with Gasteiger partial charge in [0, 0.05) is 18.2 Å². The lowest BCUT2D eigenvalue weighted by atomic mass is 10.1. The van der Waals surface area contributed by atoms with Crippen LogP contribution < -0.4 is 10.1 Å². The second-order valence-corrected chi connectivity index (χ2v) is 4.87. The molecule has 0 spiro atoms. The number of hydrogen-bond donors (Lipinski definition) is 1. The molecule has 0 heterocycles. The molecule has 1 N–H and O–H groups in total. The van der Waals surface area contributed by atoms with E-state index in [9.17, 15) is 0 Å². The van der Waals surface area contributed by atoms with Crippen molar-refractivity contribution in [3.8, 4) is 5.75 Å². The lowest BCUT2D eigenvalue weighted by Gasteiger charge is -2.19. The van der Waals surface area contributed by atoms with E-state index in [1.807, 2.05) is 6.07 Å². The van der Waals surface area contributed by atoms with Crippen molar-refractivity contribution in [1.29, 1.82) is 0 Å². The minimum atomic E-state index is 0.334. The lowest BCUT2D eigenvalue weighted by Crippen LogP contribution is -2.22. The fourth-order valence-electron chi connectivity index (χ4n) is 1.78. The van der Waals surface area contributed by atoms with Crippen molar-refractivity contribution in [3.63, 3.8) is 0 Å². The molecule has 0 amide bonds. The Morgan fingerprint density at radius 2 is 2.00 bits per heavy atom. The Balaban J connectivity index is 2.60. The summed E-state index contributed by atoms with van der Waals surface area (Å²) in [5.74, 6) is 0.996. The summed E-state index contributed by atoms with van der Waals surface area (Å²) in [5, 5.41) is 3.50. The minimum Gasteiger partial charge on any atom is -0.492 e. The standard InChI is InChI=1S/C15H26N2O/c1-5-10-16-13(2)14-8-6-7-9-15(14)18-12-11-17(3)4/h6-9,13,16H,5,10-12H2,1-4H3. The van der Waals surface area contributed by atoms with Gasteiger partial charge in [-0.15, -0.1) is 0 Å². The summed E-state index contributed by atoms with van der Waals surface area (Å²) < 4.78 is 5.87. The van der Waals surface area contributed by atoms with Gasteiger partial charge in [0.15, 0.2) is 0 Å². The van der Waals surface area contributed by atoms with Gasteiger partial charge < -0.3 is 15.0 Å². The molecule has 0 saturated carbocycles. The second-order valence-electron chi connectivity index (χ2n) is 4.87. The van der Waals surface area contributed by atoms with Gasteiger partial charge in [-0.3, -0.25) is 0 Å². The third-order valence-corrected chi connectivity index (χ3v) is 2.88. The van der Waals surface area contributed by atoms with E-state index in [1.165, 1.54) is 5.56 Å². The summed E-state index contributed by atoms with van der Waals surface area (Å²) in [6, 6.07) is 8.62. The lowest BCUT2D eigenvalue weighted by molar-refractivity contribution is 0.258. The average molecular weight is 250 g/mol. The fraction of sp³-hybridized carbons (Fsp3) is 0.600. The first-order valence-electron chi connectivity index (χ1n) is 6.75. The van der Waals surface area contributed by atoms with Crippen LogP contribution in [0.15, 0.2) is 24.3 Å². The SMILES string of the molecule is CCCNC(C)c1ccccc1OCCN(C)C. The van der Waals surface area contributed by atoms with Gasteiger partial charge in [-0.1, -0.05) is 25.1 Å². The molecule has 0 aliphatic carbocycles. The van der Waals surface area contributed by atoms with Crippen LogP contribution in [0.4, 0.5) is 0 Å². The van der Waals surface area contributed by atoms with Gasteiger partial charge in [-0.25, -0.2) is 0 Å². The van der Waals surface area contributed by atoms with Gasteiger partial charge >= 0.3 is 0 Å². The van der Waals surface area contributed by atoms with Crippen molar-refractivity contribution >= 4 is 0 Å². The number of hydrogen-bond acceptors (Lipinski definition) is 3. The van der Waals surface area contributed by atoms with Crippen molar-refractivity contribution < 1.29 is 4.74 Å². The van der Waals surface area contributed by atoms with Gasteiger partial charge in [0.25, 0.3) is 0 Å². The fourth-order valence-corrected chi connectivity index (χ4v) is 1.78. The molecule has 0 aliphatic heterocycles. The Morgan fingerprint density at radius 1 is 1.28 bits per heavy atom. The predicted molar refractivity (Wildman–Crippen MR) is 77.2 cm³/mol. The number of para-hydroxylation sites is 1. The molecule has 0 fully saturated rings. The smallest absolute Gasteiger partial charge is 0.124 e. The number of likely N-dealkylation sites (N-methyl/N-ethyl adjacent to an activating group) is 1. The van der Waals surface area contributed by atoms with Gasteiger partial charge in [0.05, 0.1) is 0 Å². The molecule has 1 aromatic carbocycles. The van der Waals surface area contributed by atoms with Crippen LogP contribution in [-0.4, -0.2) is 38.7 Å². The zero-order valence-electron chi connectivity index (χ0n) is 12.1. The average Bonchev–Trinajstić information content (AvgIpc) is 2.36. The van der Waals surface area contributed by atoms with Crippen molar-refractivity contribution in [2.45, 2.75) is 26.3 Å². The van der Waals surface area contributed by atoms with Crippen molar-refractivity contribution in [3.05, 3.63) is 29.8 Å². The Labute approximate surface area is 111 Å². The first-order valence-corrected chi connectivity index (χ1v) is 6.75. The van der Waals surface area contributed by atoms with Crippen LogP contribution in [0.1, 0.15) is 31.9 Å². The molecular weight excluding hydrogens is 224 g/mol. The first kappa shape index (κ1) is 15.0. The highest BCUT2D eigenvalue weighted by Crippen LogP contribution is 2.24. The van der Waals surface area contributed by atoms with E-state index in [-0.39, 0.29) is 0 Å². The van der Waals surface area contributed by atoms with Crippen molar-refractivity contribution in [2.75, 3.05) is 33.8 Å². The van der Waals surface area contributed by atoms with Crippen molar-refractivity contribution in [2.24, 2.45) is 0 Å². The molecule has 0 bridgehead atoms. The third kappa shape index (κ3) is 5.07. The summed E-state index contributed by atoms with van der Waals surface area (Å²) >= 11 is 0. The van der Waals surface area contributed by atoms with E-state index in [0.717, 1.165) is 31.9 Å². The molecule has 0 aromatic heterocycles. The molecule has 0 saturated heterocycles. The first-order chi connectivity index (χ1) is 8.65. The monoisotopic (exact) mass is 250 g/mol. The van der Waals surface area contributed by atoms with E-state index >= 15 is 0 Å². The minimum absolute atomic E-state index is 0.334. The highest BCUT2D eigenvalue weighted by atomic mass is 16.5. The van der Waals surface area contributed by atoms with Crippen LogP contribution in [0, 0.1) is 0 Å². The molecule has 1 atom stereocenters. The zero-order valence-corrected chi connectivity index (χ0v) is 12.1. The molecule has 1 aromatic rings. The Morgan fingerprint density at radius 3 is 2.67 bits per heavy atom. The summed E-state index contributed by atoms with van der Waals surface area (Å²) in [7, 11) is 4.11. The van der Waals surface area contributed by atoms with Crippen LogP contribution in [0.2, 0.25) is 0 Å². The maximum absolute atomic E-state index is 5.87. The maximum Gasteiger partial charge on any atom is 0.124 e. The number of rotatable bonds is 8. The third-order valence-electron chi connectivity index (χ3n) is 2.88. The van der Waals surface area contributed by atoms with Gasteiger partial charge in [0.2, 0.25) is 0 Å². The molecule has 102 valence electrons. The van der Waals surface area contributed by atoms with E-state index in [4.69, 9.17) is 4.74 Å². The molecule has 18 heavy (non-hydrogen) atoms. The Kier molecular flexibility index (Phi) is 6.76. The summed E-state index contributed by atoms with van der Waals surface area (Å²) in [6.07, 6.45) is 1.15.